The lowest BCUT2D eigenvalue weighted by molar-refractivity contribution is -0.133. The Bertz CT molecular complexity index is 493. The van der Waals surface area contributed by atoms with Crippen molar-refractivity contribution in [1.29, 1.82) is 0 Å². The summed E-state index contributed by atoms with van der Waals surface area (Å²) < 4.78 is 1.19. The first kappa shape index (κ1) is 16.4. The van der Waals surface area contributed by atoms with E-state index in [2.05, 4.69) is 43.2 Å². The minimum atomic E-state index is 0.352. The van der Waals surface area contributed by atoms with Gasteiger partial charge in [-0.3, -0.25) is 9.69 Å². The van der Waals surface area contributed by atoms with E-state index in [1.807, 2.05) is 0 Å². The fraction of sp³-hybridized carbons (Fsp3) is 0.688. The SMILES string of the molecule is O=C(CCC1CCNC1)N1CCN(Cc2ccc(Br)s2)CC1. The molecule has 0 spiro atoms. The van der Waals surface area contributed by atoms with Gasteiger partial charge in [0.05, 0.1) is 3.79 Å². The zero-order valence-corrected chi connectivity index (χ0v) is 15.3. The average molecular weight is 386 g/mol. The molecule has 0 bridgehead atoms. The predicted octanol–water partition coefficient (Wildman–Crippen LogP) is 2.54. The molecule has 1 amide bonds. The molecule has 0 aromatic carbocycles. The highest BCUT2D eigenvalue weighted by Crippen LogP contribution is 2.23. The second kappa shape index (κ2) is 7.90. The van der Waals surface area contributed by atoms with E-state index >= 15 is 0 Å². The summed E-state index contributed by atoms with van der Waals surface area (Å²) in [7, 11) is 0. The van der Waals surface area contributed by atoms with Crippen LogP contribution in [0.4, 0.5) is 0 Å². The summed E-state index contributed by atoms with van der Waals surface area (Å²) in [5.41, 5.74) is 0. The molecule has 122 valence electrons. The third-order valence-electron chi connectivity index (χ3n) is 4.66. The van der Waals surface area contributed by atoms with E-state index in [0.717, 1.165) is 58.7 Å². The van der Waals surface area contributed by atoms with Crippen LogP contribution in [0.15, 0.2) is 15.9 Å². The van der Waals surface area contributed by atoms with Crippen molar-refractivity contribution in [3.8, 4) is 0 Å². The lowest BCUT2D eigenvalue weighted by Crippen LogP contribution is -2.48. The summed E-state index contributed by atoms with van der Waals surface area (Å²) in [6.45, 7) is 6.97. The molecule has 6 heteroatoms. The highest BCUT2D eigenvalue weighted by atomic mass is 79.9. The van der Waals surface area contributed by atoms with Gasteiger partial charge in [0.25, 0.3) is 0 Å². The number of amides is 1. The summed E-state index contributed by atoms with van der Waals surface area (Å²) in [5, 5.41) is 3.37. The number of hydrogen-bond donors (Lipinski definition) is 1. The zero-order valence-electron chi connectivity index (χ0n) is 12.9. The molecule has 2 fully saturated rings. The van der Waals surface area contributed by atoms with Gasteiger partial charge in [0.1, 0.15) is 0 Å². The molecule has 1 aromatic rings. The molecule has 2 saturated heterocycles. The average Bonchev–Trinajstić information content (AvgIpc) is 3.17. The molecule has 4 nitrogen and oxygen atoms in total. The van der Waals surface area contributed by atoms with Crippen molar-refractivity contribution in [1.82, 2.24) is 15.1 Å². The molecule has 3 heterocycles. The van der Waals surface area contributed by atoms with Crippen LogP contribution in [-0.4, -0.2) is 55.0 Å². The first-order valence-electron chi connectivity index (χ1n) is 8.16. The number of nitrogens with one attached hydrogen (secondary N) is 1. The number of rotatable bonds is 5. The fourth-order valence-corrected chi connectivity index (χ4v) is 4.78. The summed E-state index contributed by atoms with van der Waals surface area (Å²) >= 11 is 5.31. The predicted molar refractivity (Wildman–Crippen MR) is 94.1 cm³/mol. The Morgan fingerprint density at radius 2 is 2.14 bits per heavy atom. The van der Waals surface area contributed by atoms with Gasteiger partial charge in [-0.05, 0) is 59.9 Å². The molecular weight excluding hydrogens is 362 g/mol. The third kappa shape index (κ3) is 4.54. The molecule has 1 atom stereocenters. The maximum atomic E-state index is 12.3. The van der Waals surface area contributed by atoms with Crippen molar-refractivity contribution in [3.05, 3.63) is 20.8 Å². The number of carbonyl (C=O) groups is 1. The lowest BCUT2D eigenvalue weighted by atomic mass is 10.0. The molecule has 2 aliphatic rings. The summed E-state index contributed by atoms with van der Waals surface area (Å²) in [5.74, 6) is 1.06. The highest BCUT2D eigenvalue weighted by molar-refractivity contribution is 9.11. The number of thiophene rings is 1. The topological polar surface area (TPSA) is 35.6 Å². The van der Waals surface area contributed by atoms with Gasteiger partial charge in [0, 0.05) is 44.0 Å². The fourth-order valence-electron chi connectivity index (χ4n) is 3.26. The Balaban J connectivity index is 1.38. The van der Waals surface area contributed by atoms with Gasteiger partial charge in [-0.15, -0.1) is 11.3 Å². The summed E-state index contributed by atoms with van der Waals surface area (Å²) in [6.07, 6.45) is 3.01. The molecule has 0 aliphatic carbocycles. The first-order chi connectivity index (χ1) is 10.7. The quantitative estimate of drug-likeness (QED) is 0.845. The van der Waals surface area contributed by atoms with Crippen LogP contribution >= 0.6 is 27.3 Å². The van der Waals surface area contributed by atoms with Crippen molar-refractivity contribution < 1.29 is 4.79 Å². The van der Waals surface area contributed by atoms with E-state index in [0.29, 0.717) is 11.8 Å². The van der Waals surface area contributed by atoms with E-state index in [-0.39, 0.29) is 0 Å². The number of piperazine rings is 1. The van der Waals surface area contributed by atoms with Crippen molar-refractivity contribution >= 4 is 33.2 Å². The van der Waals surface area contributed by atoms with Gasteiger partial charge in [0.15, 0.2) is 0 Å². The molecule has 1 N–H and O–H groups in total. The van der Waals surface area contributed by atoms with Gasteiger partial charge in [-0.1, -0.05) is 0 Å². The molecular formula is C16H24BrN3OS. The Labute approximate surface area is 145 Å². The second-order valence-corrected chi connectivity index (χ2v) is 8.81. The van der Waals surface area contributed by atoms with Crippen LogP contribution in [0.25, 0.3) is 0 Å². The Hall–Kier alpha value is -0.430. The van der Waals surface area contributed by atoms with Crippen molar-refractivity contribution in [2.24, 2.45) is 5.92 Å². The second-order valence-electron chi connectivity index (χ2n) is 6.26. The minimum Gasteiger partial charge on any atom is -0.340 e. The normalized spacial score (nSPS) is 23.1. The summed E-state index contributed by atoms with van der Waals surface area (Å²) in [6, 6.07) is 4.29. The molecule has 0 saturated carbocycles. The van der Waals surface area contributed by atoms with Crippen LogP contribution in [0.2, 0.25) is 0 Å². The van der Waals surface area contributed by atoms with Crippen molar-refractivity contribution in [2.75, 3.05) is 39.3 Å². The van der Waals surface area contributed by atoms with Crippen LogP contribution in [0, 0.1) is 5.92 Å². The van der Waals surface area contributed by atoms with Crippen LogP contribution in [-0.2, 0) is 11.3 Å². The Kier molecular flexibility index (Phi) is 5.90. The van der Waals surface area contributed by atoms with E-state index in [4.69, 9.17) is 0 Å². The van der Waals surface area contributed by atoms with E-state index in [1.165, 1.54) is 15.1 Å². The van der Waals surface area contributed by atoms with Gasteiger partial charge in [-0.25, -0.2) is 0 Å². The van der Waals surface area contributed by atoms with Crippen LogP contribution in [0.1, 0.15) is 24.1 Å². The maximum absolute atomic E-state index is 12.3. The number of carbonyl (C=O) groups excluding carboxylic acids is 1. The molecule has 2 aliphatic heterocycles. The van der Waals surface area contributed by atoms with Crippen molar-refractivity contribution in [3.63, 3.8) is 0 Å². The number of hydrogen-bond acceptors (Lipinski definition) is 4. The molecule has 3 rings (SSSR count). The highest BCUT2D eigenvalue weighted by Gasteiger charge is 2.23. The first-order valence-corrected chi connectivity index (χ1v) is 9.77. The standard InChI is InChI=1S/C16H24BrN3OS/c17-15-3-2-14(22-15)12-19-7-9-20(10-8-19)16(21)4-1-13-5-6-18-11-13/h2-3,13,18H,1,4-12H2. The van der Waals surface area contributed by atoms with Crippen LogP contribution in [0.3, 0.4) is 0 Å². The molecule has 22 heavy (non-hydrogen) atoms. The van der Waals surface area contributed by atoms with Crippen LogP contribution < -0.4 is 5.32 Å². The smallest absolute Gasteiger partial charge is 0.222 e. The number of nitrogens with zero attached hydrogens (tertiary/aromatic N) is 2. The van der Waals surface area contributed by atoms with E-state index in [1.54, 1.807) is 11.3 Å². The molecule has 1 aromatic heterocycles. The lowest BCUT2D eigenvalue weighted by Gasteiger charge is -2.34. The van der Waals surface area contributed by atoms with Crippen molar-refractivity contribution in [2.45, 2.75) is 25.8 Å². The third-order valence-corrected chi connectivity index (χ3v) is 6.27. The van der Waals surface area contributed by atoms with Gasteiger partial charge >= 0.3 is 0 Å². The Morgan fingerprint density at radius 3 is 2.77 bits per heavy atom. The van der Waals surface area contributed by atoms with E-state index in [9.17, 15) is 4.79 Å². The van der Waals surface area contributed by atoms with E-state index < -0.39 is 0 Å². The minimum absolute atomic E-state index is 0.352. The van der Waals surface area contributed by atoms with Gasteiger partial charge in [-0.2, -0.15) is 0 Å². The maximum Gasteiger partial charge on any atom is 0.222 e. The molecule has 0 radical (unpaired) electrons. The largest absolute Gasteiger partial charge is 0.340 e. The van der Waals surface area contributed by atoms with Crippen LogP contribution in [0.5, 0.6) is 0 Å². The number of halogens is 1. The Morgan fingerprint density at radius 1 is 1.32 bits per heavy atom. The zero-order chi connectivity index (χ0) is 15.4. The molecule has 1 unspecified atom stereocenters. The van der Waals surface area contributed by atoms with Gasteiger partial charge < -0.3 is 10.2 Å². The summed E-state index contributed by atoms with van der Waals surface area (Å²) in [4.78, 5) is 18.2. The monoisotopic (exact) mass is 385 g/mol. The van der Waals surface area contributed by atoms with Gasteiger partial charge in [0.2, 0.25) is 5.91 Å².